The third kappa shape index (κ3) is 14.6. The average Bonchev–Trinajstić information content (AvgIpc) is 3.36. The average molecular weight is 289 g/mol. The highest BCUT2D eigenvalue weighted by Gasteiger charge is 2.18. The first-order valence-electron chi connectivity index (χ1n) is 7.68. The lowest BCUT2D eigenvalue weighted by Crippen LogP contribution is -2.15. The number of carbonyl (C=O) groups excluding carboxylic acids is 1. The van der Waals surface area contributed by atoms with Gasteiger partial charge in [0.1, 0.15) is 6.79 Å². The number of hydrogen-bond donors (Lipinski definition) is 1. The van der Waals surface area contributed by atoms with Crippen LogP contribution in [-0.2, 0) is 11.2 Å². The smallest absolute Gasteiger partial charge is 0.106 e. The minimum Gasteiger partial charge on any atom is -0.310 e. The Kier molecular flexibility index (Phi) is 16.9. The van der Waals surface area contributed by atoms with E-state index < -0.39 is 0 Å². The van der Waals surface area contributed by atoms with Gasteiger partial charge in [-0.15, -0.1) is 5.73 Å². The van der Waals surface area contributed by atoms with Crippen LogP contribution in [0.15, 0.2) is 42.7 Å². The molecule has 1 saturated carbocycles. The van der Waals surface area contributed by atoms with Crippen LogP contribution in [-0.4, -0.2) is 19.4 Å². The maximum absolute atomic E-state index is 8.00. The summed E-state index contributed by atoms with van der Waals surface area (Å²) < 4.78 is 0. The van der Waals surface area contributed by atoms with Crippen LogP contribution in [0.25, 0.3) is 0 Å². The molecule has 0 bridgehead atoms. The van der Waals surface area contributed by atoms with Crippen molar-refractivity contribution in [3.05, 3.63) is 53.8 Å². The molecular formula is C19H31NO. The van der Waals surface area contributed by atoms with Crippen molar-refractivity contribution in [1.82, 2.24) is 5.32 Å². The minimum absolute atomic E-state index is 0.805. The lowest BCUT2D eigenvalue weighted by atomic mass is 10.1. The third-order valence-electron chi connectivity index (χ3n) is 2.72. The number of carbonyl (C=O) groups is 1. The summed E-state index contributed by atoms with van der Waals surface area (Å²) in [5.74, 6) is 0. The first kappa shape index (κ1) is 21.7. The van der Waals surface area contributed by atoms with E-state index >= 15 is 0 Å². The van der Waals surface area contributed by atoms with Crippen molar-refractivity contribution < 1.29 is 4.79 Å². The molecule has 0 aliphatic heterocycles. The molecule has 0 aromatic heterocycles. The molecule has 21 heavy (non-hydrogen) atoms. The van der Waals surface area contributed by atoms with Gasteiger partial charge in [0.2, 0.25) is 0 Å². The van der Waals surface area contributed by atoms with Gasteiger partial charge in [0.05, 0.1) is 0 Å². The zero-order valence-electron chi connectivity index (χ0n) is 14.1. The van der Waals surface area contributed by atoms with Gasteiger partial charge in [-0.2, -0.15) is 0 Å². The maximum atomic E-state index is 8.00. The monoisotopic (exact) mass is 289 g/mol. The molecule has 1 N–H and O–H groups in total. The summed E-state index contributed by atoms with van der Waals surface area (Å²) in [7, 11) is 0. The van der Waals surface area contributed by atoms with Gasteiger partial charge in [-0.3, -0.25) is 0 Å². The van der Waals surface area contributed by atoms with E-state index in [4.69, 9.17) is 4.79 Å². The standard InChI is InChI=1S/C9H12.C7H11N.C2H6.CH2O/c1-3-9-6-4-5-8(2)7-9;1-2-3-6-8-7-4-5-7;2*1-2/h4-7H,3H2,1-2H3;3,7-8H,1,4-6H2;1-2H3;1H2. The molecule has 0 amide bonds. The summed E-state index contributed by atoms with van der Waals surface area (Å²) in [4.78, 5) is 8.00. The van der Waals surface area contributed by atoms with E-state index in [-0.39, 0.29) is 0 Å². The predicted molar refractivity (Wildman–Crippen MR) is 93.8 cm³/mol. The highest BCUT2D eigenvalue weighted by molar-refractivity contribution is 5.21. The third-order valence-corrected chi connectivity index (χ3v) is 2.72. The van der Waals surface area contributed by atoms with E-state index in [1.807, 2.05) is 26.7 Å². The Hall–Kier alpha value is -1.63. The van der Waals surface area contributed by atoms with E-state index in [0.717, 1.165) is 19.0 Å². The van der Waals surface area contributed by atoms with E-state index in [0.29, 0.717) is 0 Å². The van der Waals surface area contributed by atoms with Gasteiger partial charge in [-0.1, -0.05) is 57.2 Å². The summed E-state index contributed by atoms with van der Waals surface area (Å²) in [5, 5.41) is 3.30. The number of nitrogens with one attached hydrogen (secondary N) is 1. The van der Waals surface area contributed by atoms with Crippen molar-refractivity contribution in [2.45, 2.75) is 53.0 Å². The van der Waals surface area contributed by atoms with E-state index in [2.05, 4.69) is 55.7 Å². The fourth-order valence-corrected chi connectivity index (χ4v) is 1.52. The van der Waals surface area contributed by atoms with E-state index in [1.54, 1.807) is 0 Å². The van der Waals surface area contributed by atoms with Gasteiger partial charge in [0.15, 0.2) is 0 Å². The predicted octanol–water partition coefficient (Wildman–Crippen LogP) is 4.48. The summed E-state index contributed by atoms with van der Waals surface area (Å²) in [6.45, 7) is 14.7. The van der Waals surface area contributed by atoms with Crippen molar-refractivity contribution in [1.29, 1.82) is 0 Å². The molecule has 1 aliphatic carbocycles. The van der Waals surface area contributed by atoms with Crippen molar-refractivity contribution in [3.63, 3.8) is 0 Å². The SMILES string of the molecule is C=C=CCNC1CC1.C=O.CC.CCc1cccc(C)c1. The minimum atomic E-state index is 0.805. The molecule has 118 valence electrons. The Morgan fingerprint density at radius 3 is 2.33 bits per heavy atom. The molecule has 0 unspecified atom stereocenters. The molecule has 1 aromatic rings. The Balaban J connectivity index is 0. The van der Waals surface area contributed by atoms with Gasteiger partial charge in [0.25, 0.3) is 0 Å². The van der Waals surface area contributed by atoms with Gasteiger partial charge in [-0.05, 0) is 37.8 Å². The van der Waals surface area contributed by atoms with E-state index in [1.165, 1.54) is 24.0 Å². The molecule has 1 aliphatic rings. The molecule has 1 aromatic carbocycles. The highest BCUT2D eigenvalue weighted by Crippen LogP contribution is 2.17. The van der Waals surface area contributed by atoms with Crippen LogP contribution < -0.4 is 5.32 Å². The zero-order chi connectivity index (χ0) is 16.5. The van der Waals surface area contributed by atoms with Gasteiger partial charge < -0.3 is 10.1 Å². The lowest BCUT2D eigenvalue weighted by Gasteiger charge is -1.95. The quantitative estimate of drug-likeness (QED) is 0.828. The molecule has 2 rings (SSSR count). The van der Waals surface area contributed by atoms with Gasteiger partial charge in [-0.25, -0.2) is 0 Å². The number of benzene rings is 1. The Labute approximate surface area is 131 Å². The molecule has 0 atom stereocenters. The Bertz CT molecular complexity index is 390. The fourth-order valence-electron chi connectivity index (χ4n) is 1.52. The molecule has 0 heterocycles. The summed E-state index contributed by atoms with van der Waals surface area (Å²) in [6.07, 6.45) is 5.76. The van der Waals surface area contributed by atoms with Crippen molar-refractivity contribution in [2.24, 2.45) is 0 Å². The van der Waals surface area contributed by atoms with Gasteiger partial charge >= 0.3 is 0 Å². The van der Waals surface area contributed by atoms with Crippen LogP contribution in [0.5, 0.6) is 0 Å². The second kappa shape index (κ2) is 16.4. The molecule has 0 radical (unpaired) electrons. The molecule has 0 spiro atoms. The van der Waals surface area contributed by atoms with Crippen LogP contribution in [0.1, 0.15) is 44.7 Å². The summed E-state index contributed by atoms with van der Waals surface area (Å²) in [6, 6.07) is 9.42. The second-order valence-electron chi connectivity index (χ2n) is 4.43. The second-order valence-corrected chi connectivity index (χ2v) is 4.43. The molecule has 0 saturated heterocycles. The Morgan fingerprint density at radius 2 is 1.95 bits per heavy atom. The largest absolute Gasteiger partial charge is 0.310 e. The topological polar surface area (TPSA) is 29.1 Å². The van der Waals surface area contributed by atoms with Crippen LogP contribution in [0, 0.1) is 6.92 Å². The van der Waals surface area contributed by atoms with Gasteiger partial charge in [0, 0.05) is 12.6 Å². The zero-order valence-corrected chi connectivity index (χ0v) is 14.1. The number of aryl methyl sites for hydroxylation is 2. The fraction of sp³-hybridized carbons (Fsp3) is 0.474. The first-order chi connectivity index (χ1) is 10.3. The Morgan fingerprint density at radius 1 is 1.33 bits per heavy atom. The summed E-state index contributed by atoms with van der Waals surface area (Å²) >= 11 is 0. The molecular weight excluding hydrogens is 258 g/mol. The van der Waals surface area contributed by atoms with Crippen molar-refractivity contribution in [2.75, 3.05) is 6.54 Å². The number of hydrogen-bond acceptors (Lipinski definition) is 2. The van der Waals surface area contributed by atoms with Crippen LogP contribution in [0.2, 0.25) is 0 Å². The van der Waals surface area contributed by atoms with Crippen LogP contribution in [0.4, 0.5) is 0 Å². The first-order valence-corrected chi connectivity index (χ1v) is 7.68. The normalized spacial score (nSPS) is 11.2. The number of rotatable bonds is 4. The van der Waals surface area contributed by atoms with E-state index in [9.17, 15) is 0 Å². The summed E-state index contributed by atoms with van der Waals surface area (Å²) in [5.41, 5.74) is 5.50. The highest BCUT2D eigenvalue weighted by atomic mass is 16.1. The molecule has 2 heteroatoms. The lowest BCUT2D eigenvalue weighted by molar-refractivity contribution is -0.0979. The van der Waals surface area contributed by atoms with Crippen molar-refractivity contribution >= 4 is 6.79 Å². The van der Waals surface area contributed by atoms with Crippen LogP contribution >= 0.6 is 0 Å². The molecule has 1 fully saturated rings. The maximum Gasteiger partial charge on any atom is 0.106 e. The van der Waals surface area contributed by atoms with Crippen LogP contribution in [0.3, 0.4) is 0 Å². The molecule has 2 nitrogen and oxygen atoms in total. The van der Waals surface area contributed by atoms with Crippen molar-refractivity contribution in [3.8, 4) is 0 Å².